The van der Waals surface area contributed by atoms with E-state index >= 15 is 0 Å². The second-order valence-corrected chi connectivity index (χ2v) is 11.5. The number of hydrogen-bond donors (Lipinski definition) is 3. The first kappa shape index (κ1) is 28.7. The van der Waals surface area contributed by atoms with Gasteiger partial charge in [0.05, 0.1) is 28.3 Å². The van der Waals surface area contributed by atoms with E-state index < -0.39 is 0 Å². The summed E-state index contributed by atoms with van der Waals surface area (Å²) in [5.74, 6) is 0.122. The van der Waals surface area contributed by atoms with Crippen LogP contribution in [0.1, 0.15) is 47.2 Å². The summed E-state index contributed by atoms with van der Waals surface area (Å²) in [5.41, 5.74) is 5.57. The van der Waals surface area contributed by atoms with Crippen LogP contribution in [0, 0.1) is 13.8 Å². The molecule has 41 heavy (non-hydrogen) atoms. The molecule has 1 aliphatic heterocycles. The maximum absolute atomic E-state index is 13.5. The summed E-state index contributed by atoms with van der Waals surface area (Å²) in [7, 11) is 3.93. The van der Waals surface area contributed by atoms with Gasteiger partial charge in [-0.3, -0.25) is 9.59 Å². The zero-order valence-corrected chi connectivity index (χ0v) is 24.8. The number of fused-ring (bicyclic) bond motifs is 1. The number of aryl methyl sites for hydroxylation is 2. The summed E-state index contributed by atoms with van der Waals surface area (Å²) >= 11 is 6.60. The van der Waals surface area contributed by atoms with Gasteiger partial charge >= 0.3 is 0 Å². The molecule has 0 radical (unpaired) electrons. The highest BCUT2D eigenvalue weighted by molar-refractivity contribution is 6.35. The first-order chi connectivity index (χ1) is 19.7. The quantitative estimate of drug-likeness (QED) is 0.219. The van der Waals surface area contributed by atoms with E-state index in [0.717, 1.165) is 41.8 Å². The molecule has 1 aromatic heterocycles. The molecule has 0 saturated carbocycles. The van der Waals surface area contributed by atoms with Gasteiger partial charge < -0.3 is 25.3 Å². The lowest BCUT2D eigenvalue weighted by molar-refractivity contribution is 0.102. The maximum Gasteiger partial charge on any atom is 0.260 e. The average molecular weight is 573 g/mol. The molecule has 0 bridgehead atoms. The van der Waals surface area contributed by atoms with Crippen LogP contribution in [0.4, 0.5) is 11.4 Å². The molecule has 5 rings (SSSR count). The number of aromatic nitrogens is 1. The minimum absolute atomic E-state index is 0.243. The van der Waals surface area contributed by atoms with E-state index in [0.29, 0.717) is 46.1 Å². The number of piperidine rings is 1. The fourth-order valence-electron chi connectivity index (χ4n) is 5.51. The molecule has 7 nitrogen and oxygen atoms in total. The van der Waals surface area contributed by atoms with Crippen LogP contribution >= 0.6 is 11.6 Å². The molecule has 3 aromatic carbocycles. The van der Waals surface area contributed by atoms with Gasteiger partial charge in [0.15, 0.2) is 0 Å². The van der Waals surface area contributed by atoms with Gasteiger partial charge in [-0.25, -0.2) is 0 Å². The van der Waals surface area contributed by atoms with Crippen LogP contribution in [0.3, 0.4) is 0 Å². The smallest absolute Gasteiger partial charge is 0.260 e. The molecule has 4 aromatic rings. The Balaban J connectivity index is 1.56. The normalized spacial score (nSPS) is 15.1. The number of nitrogens with one attached hydrogen (secondary N) is 3. The fourth-order valence-corrected chi connectivity index (χ4v) is 5.76. The minimum atomic E-state index is -0.342. The monoisotopic (exact) mass is 572 g/mol. The number of anilines is 2. The number of benzene rings is 3. The van der Waals surface area contributed by atoms with Crippen molar-refractivity contribution in [1.29, 1.82) is 0 Å². The van der Waals surface area contributed by atoms with Crippen LogP contribution in [-0.2, 0) is 0 Å². The Kier molecular flexibility index (Phi) is 8.66. The van der Waals surface area contributed by atoms with E-state index in [4.69, 9.17) is 16.3 Å². The highest BCUT2D eigenvalue weighted by Gasteiger charge is 2.21. The van der Waals surface area contributed by atoms with E-state index in [2.05, 4.69) is 21.7 Å². The molecule has 0 aliphatic carbocycles. The van der Waals surface area contributed by atoms with E-state index in [1.165, 1.54) is 12.8 Å². The second-order valence-electron chi connectivity index (χ2n) is 11.1. The van der Waals surface area contributed by atoms with Gasteiger partial charge in [0, 0.05) is 36.9 Å². The highest BCUT2D eigenvalue weighted by Crippen LogP contribution is 2.37. The number of rotatable bonds is 8. The Hall–Kier alpha value is -3.81. The van der Waals surface area contributed by atoms with Gasteiger partial charge in [-0.1, -0.05) is 47.3 Å². The number of H-pyrrole nitrogens is 1. The Morgan fingerprint density at radius 2 is 1.78 bits per heavy atom. The highest BCUT2D eigenvalue weighted by atomic mass is 35.5. The lowest BCUT2D eigenvalue weighted by Crippen LogP contribution is -2.35. The minimum Gasteiger partial charge on any atom is -0.492 e. The third-order valence-corrected chi connectivity index (χ3v) is 7.89. The van der Waals surface area contributed by atoms with Gasteiger partial charge in [-0.05, 0) is 81.6 Å². The number of carbonyl (C=O) groups is 1. The number of amides is 1. The lowest BCUT2D eigenvalue weighted by Gasteiger charge is -2.24. The number of pyridine rings is 1. The molecule has 0 spiro atoms. The van der Waals surface area contributed by atoms with E-state index in [1.54, 1.807) is 12.1 Å². The molecule has 214 valence electrons. The summed E-state index contributed by atoms with van der Waals surface area (Å²) in [6.45, 7) is 5.47. The molecular weight excluding hydrogens is 536 g/mol. The molecule has 1 saturated heterocycles. The van der Waals surface area contributed by atoms with E-state index in [1.807, 2.05) is 69.2 Å². The Morgan fingerprint density at radius 3 is 2.44 bits per heavy atom. The average Bonchev–Trinajstić information content (AvgIpc) is 2.93. The van der Waals surface area contributed by atoms with Crippen molar-refractivity contribution in [2.45, 2.75) is 45.6 Å². The molecule has 8 heteroatoms. The molecule has 1 amide bonds. The van der Waals surface area contributed by atoms with Crippen LogP contribution in [0.15, 0.2) is 59.4 Å². The predicted octanol–water partition coefficient (Wildman–Crippen LogP) is 6.69. The maximum atomic E-state index is 13.5. The van der Waals surface area contributed by atoms with Crippen LogP contribution in [0.5, 0.6) is 5.75 Å². The summed E-state index contributed by atoms with van der Waals surface area (Å²) < 4.78 is 6.46. The summed E-state index contributed by atoms with van der Waals surface area (Å²) in [6, 6.07) is 17.4. The zero-order chi connectivity index (χ0) is 29.1. The van der Waals surface area contributed by atoms with Gasteiger partial charge in [0.2, 0.25) is 0 Å². The van der Waals surface area contributed by atoms with Gasteiger partial charge in [-0.15, -0.1) is 0 Å². The number of carbonyl (C=O) groups excluding carboxylic acids is 1. The van der Waals surface area contributed by atoms with Crippen molar-refractivity contribution in [3.05, 3.63) is 86.7 Å². The van der Waals surface area contributed by atoms with Crippen LogP contribution in [-0.4, -0.2) is 44.2 Å². The second kappa shape index (κ2) is 12.4. The molecule has 1 aliphatic rings. The van der Waals surface area contributed by atoms with Gasteiger partial charge in [0.1, 0.15) is 5.75 Å². The van der Waals surface area contributed by atoms with Crippen LogP contribution in [0.25, 0.3) is 22.0 Å². The van der Waals surface area contributed by atoms with Crippen molar-refractivity contribution in [3.63, 3.8) is 0 Å². The Bertz CT molecular complexity index is 1600. The summed E-state index contributed by atoms with van der Waals surface area (Å²) in [4.78, 5) is 31.9. The van der Waals surface area contributed by atoms with E-state index in [-0.39, 0.29) is 16.5 Å². The summed E-state index contributed by atoms with van der Waals surface area (Å²) in [5, 5.41) is 7.38. The van der Waals surface area contributed by atoms with Crippen molar-refractivity contribution in [2.75, 3.05) is 37.5 Å². The van der Waals surface area contributed by atoms with Crippen molar-refractivity contribution in [2.24, 2.45) is 0 Å². The summed E-state index contributed by atoms with van der Waals surface area (Å²) in [6.07, 6.45) is 4.33. The van der Waals surface area contributed by atoms with Crippen molar-refractivity contribution in [1.82, 2.24) is 10.3 Å². The van der Waals surface area contributed by atoms with E-state index in [9.17, 15) is 9.59 Å². The van der Waals surface area contributed by atoms with Crippen LogP contribution in [0.2, 0.25) is 5.02 Å². The molecule has 3 N–H and O–H groups in total. The first-order valence-corrected chi connectivity index (χ1v) is 14.5. The SMILES string of the molecule is Cc1cc(C)cc(-c2c(OCCC3CCCCN3)c3cc(C(=O)Nc4ccc(N(C)C)cc4)c(Cl)cc3[nH]c2=O)c1. The Morgan fingerprint density at radius 1 is 1.05 bits per heavy atom. The number of aromatic amines is 1. The number of halogens is 1. The number of nitrogens with zero attached hydrogens (tertiary/aromatic N) is 1. The predicted molar refractivity (Wildman–Crippen MR) is 169 cm³/mol. The van der Waals surface area contributed by atoms with Crippen molar-refractivity contribution >= 4 is 39.8 Å². The lowest BCUT2D eigenvalue weighted by atomic mass is 9.98. The number of ether oxygens (including phenoxy) is 1. The molecule has 1 fully saturated rings. The molecular formula is C33H37ClN4O3. The van der Waals surface area contributed by atoms with Crippen molar-refractivity contribution in [3.8, 4) is 16.9 Å². The third-order valence-electron chi connectivity index (χ3n) is 7.58. The molecule has 1 atom stereocenters. The standard InChI is InChI=1S/C33H37ClN4O3/c1-20-15-21(2)17-22(16-20)30-31(41-14-12-23-7-5-6-13-35-23)27-18-26(28(34)19-29(27)37-33(30)40)32(39)36-24-8-10-25(11-9-24)38(3)4/h8-11,15-19,23,35H,5-7,12-14H2,1-4H3,(H,36,39)(H,37,40). The zero-order valence-electron chi connectivity index (χ0n) is 24.1. The topological polar surface area (TPSA) is 86.5 Å². The fraction of sp³-hybridized carbons (Fsp3) is 0.333. The first-order valence-electron chi connectivity index (χ1n) is 14.1. The van der Waals surface area contributed by atoms with Gasteiger partial charge in [-0.2, -0.15) is 0 Å². The Labute approximate surface area is 245 Å². The van der Waals surface area contributed by atoms with Crippen molar-refractivity contribution < 1.29 is 9.53 Å². The third kappa shape index (κ3) is 6.58. The molecule has 1 unspecified atom stereocenters. The largest absolute Gasteiger partial charge is 0.492 e. The molecule has 2 heterocycles. The number of hydrogen-bond acceptors (Lipinski definition) is 5. The van der Waals surface area contributed by atoms with Gasteiger partial charge in [0.25, 0.3) is 11.5 Å². The van der Waals surface area contributed by atoms with Crippen LogP contribution < -0.4 is 25.8 Å².